The van der Waals surface area contributed by atoms with E-state index in [2.05, 4.69) is 15.3 Å². The van der Waals surface area contributed by atoms with E-state index in [9.17, 15) is 0 Å². The fraction of sp³-hybridized carbons (Fsp3) is 0.647. The second-order valence-electron chi connectivity index (χ2n) is 6.36. The van der Waals surface area contributed by atoms with Gasteiger partial charge in [-0.1, -0.05) is 18.9 Å². The van der Waals surface area contributed by atoms with E-state index in [1.807, 2.05) is 18.3 Å². The molecule has 2 fully saturated rings. The molecule has 1 aromatic rings. The maximum absolute atomic E-state index is 5.93. The van der Waals surface area contributed by atoms with Gasteiger partial charge in [-0.2, -0.15) is 0 Å². The Morgan fingerprint density at radius 1 is 1.18 bits per heavy atom. The second-order valence-corrected chi connectivity index (χ2v) is 6.36. The number of ether oxygens (including phenoxy) is 1. The fourth-order valence-corrected chi connectivity index (χ4v) is 3.25. The highest BCUT2D eigenvalue weighted by molar-refractivity contribution is 5.78. The van der Waals surface area contributed by atoms with E-state index in [0.717, 1.165) is 24.3 Å². The number of pyridine rings is 1. The summed E-state index contributed by atoms with van der Waals surface area (Å²) in [6.45, 7) is 0.558. The van der Waals surface area contributed by atoms with Crippen molar-refractivity contribution in [2.24, 2.45) is 10.7 Å². The minimum absolute atomic E-state index is 0.350. The lowest BCUT2D eigenvalue weighted by Gasteiger charge is -2.13. The number of nitrogens with one attached hydrogen (secondary N) is 1. The van der Waals surface area contributed by atoms with Gasteiger partial charge < -0.3 is 15.8 Å². The molecule has 1 aromatic heterocycles. The number of nitrogens with two attached hydrogens (primary N) is 1. The molecular formula is C17H26N4O. The van der Waals surface area contributed by atoms with Crippen LogP contribution in [-0.2, 0) is 6.54 Å². The minimum atomic E-state index is 0.350. The maximum atomic E-state index is 5.93. The van der Waals surface area contributed by atoms with Crippen molar-refractivity contribution in [2.45, 2.75) is 70.1 Å². The van der Waals surface area contributed by atoms with Crippen molar-refractivity contribution in [1.82, 2.24) is 10.3 Å². The molecule has 120 valence electrons. The predicted molar refractivity (Wildman–Crippen MR) is 87.8 cm³/mol. The molecule has 2 aliphatic carbocycles. The second kappa shape index (κ2) is 7.47. The Kier molecular flexibility index (Phi) is 5.14. The third-order valence-corrected chi connectivity index (χ3v) is 4.53. The molecule has 0 aromatic carbocycles. The first kappa shape index (κ1) is 15.1. The molecule has 22 heavy (non-hydrogen) atoms. The van der Waals surface area contributed by atoms with Gasteiger partial charge in [0, 0.05) is 18.3 Å². The van der Waals surface area contributed by atoms with Crippen molar-refractivity contribution < 1.29 is 4.74 Å². The summed E-state index contributed by atoms with van der Waals surface area (Å²) < 4.78 is 5.86. The van der Waals surface area contributed by atoms with Crippen LogP contribution in [0, 0.1) is 0 Å². The van der Waals surface area contributed by atoms with E-state index in [4.69, 9.17) is 10.5 Å². The molecular weight excluding hydrogens is 276 g/mol. The van der Waals surface area contributed by atoms with E-state index in [1.54, 1.807) is 0 Å². The van der Waals surface area contributed by atoms with Crippen LogP contribution in [0.15, 0.2) is 23.3 Å². The predicted octanol–water partition coefficient (Wildman–Crippen LogP) is 2.75. The van der Waals surface area contributed by atoms with Crippen LogP contribution in [0.3, 0.4) is 0 Å². The first-order chi connectivity index (χ1) is 10.8. The Morgan fingerprint density at radius 3 is 2.59 bits per heavy atom. The Hall–Kier alpha value is -1.78. The lowest BCUT2D eigenvalue weighted by atomic mass is 10.2. The molecule has 0 atom stereocenters. The van der Waals surface area contributed by atoms with E-state index in [1.165, 1.54) is 38.5 Å². The van der Waals surface area contributed by atoms with Gasteiger partial charge in [0.2, 0.25) is 5.88 Å². The average molecular weight is 302 g/mol. The number of guanidine groups is 1. The molecule has 0 saturated heterocycles. The van der Waals surface area contributed by atoms with Crippen LogP contribution in [0.1, 0.15) is 56.9 Å². The zero-order chi connectivity index (χ0) is 15.2. The minimum Gasteiger partial charge on any atom is -0.474 e. The van der Waals surface area contributed by atoms with Crippen LogP contribution < -0.4 is 15.8 Å². The van der Waals surface area contributed by atoms with Crippen LogP contribution >= 0.6 is 0 Å². The fourth-order valence-electron chi connectivity index (χ4n) is 3.25. The summed E-state index contributed by atoms with van der Waals surface area (Å²) in [6, 6.07) is 4.46. The first-order valence-electron chi connectivity index (χ1n) is 8.47. The summed E-state index contributed by atoms with van der Waals surface area (Å²) >= 11 is 0. The summed E-state index contributed by atoms with van der Waals surface area (Å²) in [5.41, 5.74) is 6.98. The van der Waals surface area contributed by atoms with Crippen LogP contribution in [0.4, 0.5) is 0 Å². The van der Waals surface area contributed by atoms with Gasteiger partial charge in [0.15, 0.2) is 5.96 Å². The SMILES string of the molecule is NC(=NCc1ccc(OC2CCCC2)nc1)NC1CCCC1. The van der Waals surface area contributed by atoms with Crippen LogP contribution in [0.2, 0.25) is 0 Å². The molecule has 0 aliphatic heterocycles. The molecule has 3 N–H and O–H groups in total. The lowest BCUT2D eigenvalue weighted by Crippen LogP contribution is -2.38. The third kappa shape index (κ3) is 4.36. The van der Waals surface area contributed by atoms with Gasteiger partial charge in [0.05, 0.1) is 6.54 Å². The number of nitrogens with zero attached hydrogens (tertiary/aromatic N) is 2. The molecule has 0 spiro atoms. The number of hydrogen-bond acceptors (Lipinski definition) is 3. The quantitative estimate of drug-likeness (QED) is 0.648. The van der Waals surface area contributed by atoms with Gasteiger partial charge in [-0.05, 0) is 44.1 Å². The van der Waals surface area contributed by atoms with Crippen molar-refractivity contribution in [3.63, 3.8) is 0 Å². The Labute approximate surface area is 132 Å². The largest absolute Gasteiger partial charge is 0.474 e. The normalized spacial score (nSPS) is 20.5. The smallest absolute Gasteiger partial charge is 0.213 e. The van der Waals surface area contributed by atoms with E-state index < -0.39 is 0 Å². The van der Waals surface area contributed by atoms with Crippen molar-refractivity contribution >= 4 is 5.96 Å². The summed E-state index contributed by atoms with van der Waals surface area (Å²) in [5.74, 6) is 1.26. The van der Waals surface area contributed by atoms with Gasteiger partial charge in [-0.3, -0.25) is 0 Å². The molecule has 1 heterocycles. The van der Waals surface area contributed by atoms with E-state index >= 15 is 0 Å². The topological polar surface area (TPSA) is 72.5 Å². The number of aromatic nitrogens is 1. The van der Waals surface area contributed by atoms with Crippen molar-refractivity contribution in [3.8, 4) is 5.88 Å². The van der Waals surface area contributed by atoms with Crippen LogP contribution in [0.25, 0.3) is 0 Å². The highest BCUT2D eigenvalue weighted by Crippen LogP contribution is 2.23. The molecule has 0 bridgehead atoms. The van der Waals surface area contributed by atoms with Gasteiger partial charge >= 0.3 is 0 Å². The highest BCUT2D eigenvalue weighted by atomic mass is 16.5. The molecule has 0 unspecified atom stereocenters. The third-order valence-electron chi connectivity index (χ3n) is 4.53. The zero-order valence-electron chi connectivity index (χ0n) is 13.1. The van der Waals surface area contributed by atoms with Crippen LogP contribution in [-0.4, -0.2) is 23.1 Å². The lowest BCUT2D eigenvalue weighted by molar-refractivity contribution is 0.201. The van der Waals surface area contributed by atoms with Crippen molar-refractivity contribution in [1.29, 1.82) is 0 Å². The first-order valence-corrected chi connectivity index (χ1v) is 8.47. The number of hydrogen-bond donors (Lipinski definition) is 2. The summed E-state index contributed by atoms with van der Waals surface area (Å²) in [4.78, 5) is 8.76. The molecule has 0 amide bonds. The Bertz CT molecular complexity index is 488. The summed E-state index contributed by atoms with van der Waals surface area (Å²) in [6.07, 6.45) is 12.0. The van der Waals surface area contributed by atoms with Gasteiger partial charge in [0.1, 0.15) is 6.10 Å². The zero-order valence-corrected chi connectivity index (χ0v) is 13.1. The molecule has 3 rings (SSSR count). The average Bonchev–Trinajstić information content (AvgIpc) is 3.20. The van der Waals surface area contributed by atoms with E-state index in [-0.39, 0.29) is 0 Å². The highest BCUT2D eigenvalue weighted by Gasteiger charge is 2.17. The molecule has 2 aliphatic rings. The van der Waals surface area contributed by atoms with Crippen molar-refractivity contribution in [2.75, 3.05) is 0 Å². The Balaban J connectivity index is 1.47. The summed E-state index contributed by atoms with van der Waals surface area (Å²) in [7, 11) is 0. The number of aliphatic imine (C=N–C) groups is 1. The monoisotopic (exact) mass is 302 g/mol. The van der Waals surface area contributed by atoms with Gasteiger partial charge in [-0.15, -0.1) is 0 Å². The Morgan fingerprint density at radius 2 is 1.91 bits per heavy atom. The van der Waals surface area contributed by atoms with E-state index in [0.29, 0.717) is 24.7 Å². The summed E-state index contributed by atoms with van der Waals surface area (Å²) in [5, 5.41) is 3.29. The van der Waals surface area contributed by atoms with Crippen LogP contribution in [0.5, 0.6) is 5.88 Å². The van der Waals surface area contributed by atoms with Gasteiger partial charge in [-0.25, -0.2) is 9.98 Å². The molecule has 5 nitrogen and oxygen atoms in total. The number of rotatable bonds is 5. The maximum Gasteiger partial charge on any atom is 0.213 e. The molecule has 5 heteroatoms. The standard InChI is InChI=1S/C17H26N4O/c18-17(21-14-5-1-2-6-14)20-12-13-9-10-16(19-11-13)22-15-7-3-4-8-15/h9-11,14-15H,1-8,12H2,(H3,18,20,21). The van der Waals surface area contributed by atoms with Crippen molar-refractivity contribution in [3.05, 3.63) is 23.9 Å². The van der Waals surface area contributed by atoms with Gasteiger partial charge in [0.25, 0.3) is 0 Å². The molecule has 0 radical (unpaired) electrons. The molecule has 2 saturated carbocycles.